The maximum absolute atomic E-state index is 12.0. The third-order valence-electron chi connectivity index (χ3n) is 3.84. The van der Waals surface area contributed by atoms with Crippen molar-refractivity contribution in [3.63, 3.8) is 0 Å². The Morgan fingerprint density at radius 2 is 2.16 bits per heavy atom. The molecule has 1 aromatic rings. The molecule has 4 nitrogen and oxygen atoms in total. The predicted octanol–water partition coefficient (Wildman–Crippen LogP) is 1.44. The van der Waals surface area contributed by atoms with Crippen LogP contribution in [-0.2, 0) is 14.6 Å². The van der Waals surface area contributed by atoms with Crippen LogP contribution in [0.4, 0.5) is 0 Å². The van der Waals surface area contributed by atoms with Crippen LogP contribution in [-0.4, -0.2) is 40.2 Å². The lowest BCUT2D eigenvalue weighted by Gasteiger charge is -2.14. The summed E-state index contributed by atoms with van der Waals surface area (Å²) in [7, 11) is -1.63. The highest BCUT2D eigenvalue weighted by Crippen LogP contribution is 2.62. The van der Waals surface area contributed by atoms with Crippen molar-refractivity contribution in [2.75, 3.05) is 26.5 Å². The molecule has 1 saturated carbocycles. The Morgan fingerprint density at radius 3 is 2.63 bits per heavy atom. The molecule has 2 N–H and O–H groups in total. The van der Waals surface area contributed by atoms with Crippen LogP contribution in [0.25, 0.3) is 0 Å². The van der Waals surface area contributed by atoms with E-state index in [1.807, 2.05) is 12.1 Å². The zero-order valence-electron chi connectivity index (χ0n) is 11.0. The number of nitrogens with two attached hydrogens (primary N) is 1. The molecule has 1 aliphatic rings. The molecular weight excluding hydrogens is 286 g/mol. The fourth-order valence-corrected chi connectivity index (χ4v) is 5.28. The van der Waals surface area contributed by atoms with Crippen molar-refractivity contribution in [1.29, 1.82) is 0 Å². The zero-order valence-corrected chi connectivity index (χ0v) is 12.5. The summed E-state index contributed by atoms with van der Waals surface area (Å²) in [6.07, 6.45) is 1.25. The molecule has 0 bridgehead atoms. The third kappa shape index (κ3) is 2.52. The lowest BCUT2D eigenvalue weighted by atomic mass is 10.00. The molecule has 2 rings (SSSR count). The summed E-state index contributed by atoms with van der Waals surface area (Å²) in [5.74, 6) is -0.147. The average molecular weight is 304 g/mol. The summed E-state index contributed by atoms with van der Waals surface area (Å²) in [4.78, 5) is 0. The molecule has 3 unspecified atom stereocenters. The van der Waals surface area contributed by atoms with E-state index in [4.69, 9.17) is 22.1 Å². The number of sulfone groups is 1. The van der Waals surface area contributed by atoms with Crippen LogP contribution in [0.1, 0.15) is 11.5 Å². The van der Waals surface area contributed by atoms with Crippen molar-refractivity contribution >= 4 is 21.4 Å². The standard InChI is InChI=1S/C13H18ClNO3S/c1-18-8-13(7-15)11(12(13)19(2,16)17)9-4-3-5-10(14)6-9/h3-6,11-12H,7-8,15H2,1-2H3. The van der Waals surface area contributed by atoms with Crippen LogP contribution in [0.15, 0.2) is 24.3 Å². The molecule has 0 heterocycles. The van der Waals surface area contributed by atoms with Gasteiger partial charge in [0.25, 0.3) is 0 Å². The van der Waals surface area contributed by atoms with Crippen molar-refractivity contribution in [1.82, 2.24) is 0 Å². The van der Waals surface area contributed by atoms with Crippen molar-refractivity contribution in [2.45, 2.75) is 11.2 Å². The number of benzene rings is 1. The van der Waals surface area contributed by atoms with Gasteiger partial charge in [-0.05, 0) is 17.7 Å². The molecular formula is C13H18ClNO3S. The van der Waals surface area contributed by atoms with E-state index in [0.29, 0.717) is 11.6 Å². The van der Waals surface area contributed by atoms with E-state index >= 15 is 0 Å². The largest absolute Gasteiger partial charge is 0.384 e. The molecule has 19 heavy (non-hydrogen) atoms. The Morgan fingerprint density at radius 1 is 1.47 bits per heavy atom. The normalized spacial score (nSPS) is 30.3. The molecule has 0 spiro atoms. The van der Waals surface area contributed by atoms with E-state index in [0.717, 1.165) is 5.56 Å². The topological polar surface area (TPSA) is 69.4 Å². The van der Waals surface area contributed by atoms with Crippen molar-refractivity contribution < 1.29 is 13.2 Å². The number of halogens is 1. The van der Waals surface area contributed by atoms with E-state index in [9.17, 15) is 8.42 Å². The van der Waals surface area contributed by atoms with Crippen molar-refractivity contribution in [3.8, 4) is 0 Å². The number of hydrogen-bond donors (Lipinski definition) is 1. The second-order valence-electron chi connectivity index (χ2n) is 5.15. The van der Waals surface area contributed by atoms with E-state index in [1.54, 1.807) is 19.2 Å². The van der Waals surface area contributed by atoms with Gasteiger partial charge in [-0.1, -0.05) is 23.7 Å². The van der Waals surface area contributed by atoms with Crippen molar-refractivity contribution in [2.24, 2.45) is 11.1 Å². The van der Waals surface area contributed by atoms with Gasteiger partial charge in [0.15, 0.2) is 9.84 Å². The summed E-state index contributed by atoms with van der Waals surface area (Å²) in [5, 5.41) is 0.100. The molecule has 0 aromatic heterocycles. The lowest BCUT2D eigenvalue weighted by Crippen LogP contribution is -2.28. The van der Waals surface area contributed by atoms with E-state index in [1.165, 1.54) is 6.26 Å². The summed E-state index contributed by atoms with van der Waals surface area (Å²) >= 11 is 5.98. The number of hydrogen-bond acceptors (Lipinski definition) is 4. The SMILES string of the molecule is COCC1(CN)C(c2cccc(Cl)c2)C1S(C)(=O)=O. The highest BCUT2D eigenvalue weighted by Gasteiger charge is 2.69. The smallest absolute Gasteiger partial charge is 0.151 e. The fourth-order valence-electron chi connectivity index (χ4n) is 3.08. The van der Waals surface area contributed by atoms with Crippen LogP contribution in [0.2, 0.25) is 5.02 Å². The Hall–Kier alpha value is -0.620. The summed E-state index contributed by atoms with van der Waals surface area (Å²) < 4.78 is 29.1. The first-order valence-corrected chi connectivity index (χ1v) is 8.33. The highest BCUT2D eigenvalue weighted by atomic mass is 35.5. The molecule has 6 heteroatoms. The molecule has 1 aromatic carbocycles. The van der Waals surface area contributed by atoms with Crippen molar-refractivity contribution in [3.05, 3.63) is 34.9 Å². The Bertz CT molecular complexity index is 575. The molecule has 0 amide bonds. The average Bonchev–Trinajstić information content (AvgIpc) is 2.99. The summed E-state index contributed by atoms with van der Waals surface area (Å²) in [6, 6.07) is 7.28. The quantitative estimate of drug-likeness (QED) is 0.893. The predicted molar refractivity (Wildman–Crippen MR) is 76.2 cm³/mol. The Labute approximate surface area is 118 Å². The van der Waals surface area contributed by atoms with Crippen LogP contribution in [0.5, 0.6) is 0 Å². The van der Waals surface area contributed by atoms with Gasteiger partial charge in [-0.2, -0.15) is 0 Å². The van der Waals surface area contributed by atoms with E-state index < -0.39 is 20.5 Å². The third-order valence-corrected chi connectivity index (χ3v) is 5.74. The minimum atomic E-state index is -3.18. The fraction of sp³-hybridized carbons (Fsp3) is 0.538. The molecule has 0 saturated heterocycles. The number of methoxy groups -OCH3 is 1. The van der Waals surface area contributed by atoms with Crippen LogP contribution >= 0.6 is 11.6 Å². The van der Waals surface area contributed by atoms with Gasteiger partial charge >= 0.3 is 0 Å². The van der Waals surface area contributed by atoms with E-state index in [2.05, 4.69) is 0 Å². The van der Waals surface area contributed by atoms with Gasteiger partial charge < -0.3 is 10.5 Å². The van der Waals surface area contributed by atoms with Crippen LogP contribution in [0, 0.1) is 5.41 Å². The van der Waals surface area contributed by atoms with Gasteiger partial charge in [0, 0.05) is 36.3 Å². The highest BCUT2D eigenvalue weighted by molar-refractivity contribution is 7.91. The van der Waals surface area contributed by atoms with E-state index in [-0.39, 0.29) is 12.5 Å². The van der Waals surface area contributed by atoms with Gasteiger partial charge in [-0.25, -0.2) is 8.42 Å². The molecule has 1 aliphatic carbocycles. The summed E-state index contributed by atoms with van der Waals surface area (Å²) in [5.41, 5.74) is 6.20. The summed E-state index contributed by atoms with van der Waals surface area (Å²) in [6.45, 7) is 0.605. The van der Waals surface area contributed by atoms with Crippen LogP contribution < -0.4 is 5.73 Å². The van der Waals surface area contributed by atoms with Gasteiger partial charge in [0.2, 0.25) is 0 Å². The lowest BCUT2D eigenvalue weighted by molar-refractivity contribution is 0.142. The Balaban J connectivity index is 2.44. The van der Waals surface area contributed by atoms with Crippen LogP contribution in [0.3, 0.4) is 0 Å². The second-order valence-corrected chi connectivity index (χ2v) is 7.76. The van der Waals surface area contributed by atoms with Gasteiger partial charge in [0.05, 0.1) is 11.9 Å². The maximum Gasteiger partial charge on any atom is 0.151 e. The van der Waals surface area contributed by atoms with Gasteiger partial charge in [-0.15, -0.1) is 0 Å². The first-order valence-electron chi connectivity index (χ1n) is 6.00. The molecule has 0 aliphatic heterocycles. The monoisotopic (exact) mass is 303 g/mol. The molecule has 1 fully saturated rings. The number of ether oxygens (including phenoxy) is 1. The maximum atomic E-state index is 12.0. The van der Waals surface area contributed by atoms with Gasteiger partial charge in [-0.3, -0.25) is 0 Å². The zero-order chi connectivity index (χ0) is 14.3. The van der Waals surface area contributed by atoms with Gasteiger partial charge in [0.1, 0.15) is 0 Å². The number of rotatable bonds is 5. The minimum absolute atomic E-state index is 0.147. The molecule has 106 valence electrons. The second kappa shape index (κ2) is 5.05. The minimum Gasteiger partial charge on any atom is -0.384 e. The first kappa shape index (κ1) is 14.8. The first-order chi connectivity index (χ1) is 8.86. The molecule has 3 atom stereocenters. The molecule has 0 radical (unpaired) electrons. The Kier molecular flexibility index (Phi) is 3.93.